The highest BCUT2D eigenvalue weighted by Crippen LogP contribution is 2.40. The molecule has 1 atom stereocenters. The largest absolute Gasteiger partial charge is 0.450 e. The first-order valence-electron chi connectivity index (χ1n) is 13.2. The second-order valence-corrected chi connectivity index (χ2v) is 12.4. The summed E-state index contributed by atoms with van der Waals surface area (Å²) in [5.41, 5.74) is 0.0148. The van der Waals surface area contributed by atoms with Crippen LogP contribution < -0.4 is 16.0 Å². The molecule has 0 aliphatic rings. The summed E-state index contributed by atoms with van der Waals surface area (Å²) >= 11 is 0. The molecule has 0 fully saturated rings. The lowest BCUT2D eigenvalue weighted by Crippen LogP contribution is -2.29. The van der Waals surface area contributed by atoms with Gasteiger partial charge in [0.15, 0.2) is 0 Å². The van der Waals surface area contributed by atoms with Crippen LogP contribution in [-0.4, -0.2) is 95.3 Å². The van der Waals surface area contributed by atoms with Crippen molar-refractivity contribution in [2.75, 3.05) is 72.9 Å². The molecule has 0 spiro atoms. The van der Waals surface area contributed by atoms with E-state index in [1.54, 1.807) is 21.6 Å². The average Bonchev–Trinajstić information content (AvgIpc) is 2.86. The van der Waals surface area contributed by atoms with E-state index in [4.69, 9.17) is 23.7 Å². The summed E-state index contributed by atoms with van der Waals surface area (Å²) < 4.78 is 26.9. The second kappa shape index (κ2) is 24.7. The molecule has 0 aliphatic heterocycles. The van der Waals surface area contributed by atoms with Crippen LogP contribution in [0.3, 0.4) is 0 Å². The number of ether oxygens (including phenoxy) is 5. The van der Waals surface area contributed by atoms with Crippen LogP contribution >= 0.6 is 21.6 Å². The Labute approximate surface area is 237 Å². The lowest BCUT2D eigenvalue weighted by Gasteiger charge is -2.24. The fraction of sp³-hybridized carbons (Fsp3) is 0.846. The number of rotatable bonds is 22. The zero-order valence-electron chi connectivity index (χ0n) is 24.0. The van der Waals surface area contributed by atoms with Crippen LogP contribution in [0.2, 0.25) is 0 Å². The van der Waals surface area contributed by atoms with Crippen molar-refractivity contribution in [3.05, 3.63) is 0 Å². The van der Waals surface area contributed by atoms with E-state index < -0.39 is 12.2 Å². The minimum absolute atomic E-state index is 0.0148. The summed E-state index contributed by atoms with van der Waals surface area (Å²) in [7, 11) is 5.24. The van der Waals surface area contributed by atoms with Crippen LogP contribution in [0, 0.1) is 17.8 Å². The van der Waals surface area contributed by atoms with Crippen molar-refractivity contribution in [2.24, 2.45) is 5.92 Å². The number of hydrogen-bond acceptors (Lipinski definition) is 10. The van der Waals surface area contributed by atoms with E-state index in [0.717, 1.165) is 19.4 Å². The van der Waals surface area contributed by atoms with Gasteiger partial charge in [0.25, 0.3) is 0 Å². The van der Waals surface area contributed by atoms with E-state index in [1.165, 1.54) is 0 Å². The molecule has 0 saturated carbocycles. The Hall–Kier alpha value is -1.36. The summed E-state index contributed by atoms with van der Waals surface area (Å²) in [6, 6.07) is 0. The van der Waals surface area contributed by atoms with Gasteiger partial charge in [-0.05, 0) is 47.1 Å². The highest BCUT2D eigenvalue weighted by molar-refractivity contribution is 8.77. The first kappa shape index (κ1) is 36.6. The van der Waals surface area contributed by atoms with Gasteiger partial charge in [0.1, 0.15) is 5.44 Å². The van der Waals surface area contributed by atoms with Crippen LogP contribution in [0.25, 0.3) is 0 Å². The van der Waals surface area contributed by atoms with Crippen LogP contribution in [0.4, 0.5) is 9.59 Å². The Morgan fingerprint density at radius 1 is 0.842 bits per heavy atom. The van der Waals surface area contributed by atoms with Crippen molar-refractivity contribution in [1.29, 1.82) is 0 Å². The highest BCUT2D eigenvalue weighted by atomic mass is 33.1. The Morgan fingerprint density at radius 3 is 2.16 bits per heavy atom. The molecule has 0 aromatic carbocycles. The van der Waals surface area contributed by atoms with E-state index in [-0.39, 0.29) is 16.1 Å². The molecule has 0 radical (unpaired) electrons. The minimum atomic E-state index is -0.445. The van der Waals surface area contributed by atoms with Crippen molar-refractivity contribution < 1.29 is 33.3 Å². The van der Waals surface area contributed by atoms with Crippen molar-refractivity contribution in [3.8, 4) is 11.8 Å². The lowest BCUT2D eigenvalue weighted by atomic mass is 10.1. The molecule has 0 heterocycles. The van der Waals surface area contributed by atoms with Crippen molar-refractivity contribution >= 4 is 33.8 Å². The summed E-state index contributed by atoms with van der Waals surface area (Å²) in [6.07, 6.45) is 1.37. The Kier molecular flexibility index (Phi) is 23.8. The number of hydrogen-bond donors (Lipinski definition) is 3. The fourth-order valence-corrected chi connectivity index (χ4v) is 4.79. The van der Waals surface area contributed by atoms with Gasteiger partial charge in [0, 0.05) is 30.4 Å². The quantitative estimate of drug-likeness (QED) is 0.0751. The van der Waals surface area contributed by atoms with Gasteiger partial charge in [-0.1, -0.05) is 47.3 Å². The second-order valence-electron chi connectivity index (χ2n) is 9.19. The Bertz CT molecular complexity index is 673. The number of likely N-dealkylation sites (N-methyl/N-ethyl adjacent to an activating group) is 1. The van der Waals surface area contributed by atoms with E-state index in [0.29, 0.717) is 65.8 Å². The number of amides is 2. The molecule has 12 heteroatoms. The maximum Gasteiger partial charge on any atom is 0.407 e. The third-order valence-corrected chi connectivity index (χ3v) is 8.18. The SMILES string of the molecule is CNCCOCCOCCNC(=O)OCCC(C)(C)SS[C@H](C)OCCCCOC(=O)NCC#CC(C)C. The number of carbonyl (C=O) groups excluding carboxylic acids is 2. The smallest absolute Gasteiger partial charge is 0.407 e. The molecular formula is C26H49N3O7S2. The zero-order valence-corrected chi connectivity index (χ0v) is 25.7. The average molecular weight is 580 g/mol. The summed E-state index contributed by atoms with van der Waals surface area (Å²) in [4.78, 5) is 23.4. The van der Waals surface area contributed by atoms with Gasteiger partial charge in [-0.25, -0.2) is 9.59 Å². The predicted octanol–water partition coefficient (Wildman–Crippen LogP) is 4.04. The van der Waals surface area contributed by atoms with Gasteiger partial charge in [-0.15, -0.1) is 0 Å². The number of unbranched alkanes of at least 4 members (excludes halogenated alkanes) is 1. The van der Waals surface area contributed by atoms with Crippen molar-refractivity contribution in [3.63, 3.8) is 0 Å². The standard InChI is InChI=1S/C26H49N3O7S2/c1-22(2)10-9-12-28-24(30)35-16-8-7-15-34-23(3)37-38-26(4,5)11-17-36-25(31)29-14-19-33-21-20-32-18-13-27-6/h22-23,27H,7-8,11-21H2,1-6H3,(H,28,30)(H,29,31)/t23-/m1/s1. The molecule has 0 aromatic heterocycles. The summed E-state index contributed by atoms with van der Waals surface area (Å²) in [5.74, 6) is 6.13. The molecule has 0 aliphatic carbocycles. The Morgan fingerprint density at radius 2 is 1.47 bits per heavy atom. The van der Waals surface area contributed by atoms with Gasteiger partial charge in [-0.2, -0.15) is 0 Å². The highest BCUT2D eigenvalue weighted by Gasteiger charge is 2.21. The molecular weight excluding hydrogens is 530 g/mol. The van der Waals surface area contributed by atoms with Crippen LogP contribution in [0.15, 0.2) is 0 Å². The lowest BCUT2D eigenvalue weighted by molar-refractivity contribution is 0.0497. The maximum absolute atomic E-state index is 11.8. The number of nitrogens with one attached hydrogen (secondary N) is 3. The number of alkyl carbamates (subject to hydrolysis) is 2. The molecule has 0 unspecified atom stereocenters. The molecule has 0 bridgehead atoms. The van der Waals surface area contributed by atoms with E-state index in [2.05, 4.69) is 41.6 Å². The van der Waals surface area contributed by atoms with Gasteiger partial charge in [0.2, 0.25) is 0 Å². The van der Waals surface area contributed by atoms with E-state index in [1.807, 2.05) is 27.8 Å². The molecule has 0 rings (SSSR count). The van der Waals surface area contributed by atoms with Crippen LogP contribution in [0.5, 0.6) is 0 Å². The molecule has 0 saturated heterocycles. The van der Waals surface area contributed by atoms with Gasteiger partial charge < -0.3 is 39.6 Å². The van der Waals surface area contributed by atoms with Gasteiger partial charge in [-0.3, -0.25) is 0 Å². The topological polar surface area (TPSA) is 116 Å². The van der Waals surface area contributed by atoms with E-state index in [9.17, 15) is 9.59 Å². The zero-order chi connectivity index (χ0) is 28.5. The van der Waals surface area contributed by atoms with Gasteiger partial charge in [0.05, 0.1) is 46.2 Å². The maximum atomic E-state index is 11.8. The van der Waals surface area contributed by atoms with Gasteiger partial charge >= 0.3 is 12.2 Å². The first-order chi connectivity index (χ1) is 18.2. The van der Waals surface area contributed by atoms with E-state index >= 15 is 0 Å². The van der Waals surface area contributed by atoms with Crippen LogP contribution in [0.1, 0.15) is 53.9 Å². The summed E-state index contributed by atoms with van der Waals surface area (Å²) in [6.45, 7) is 15.1. The molecule has 3 N–H and O–H groups in total. The molecule has 10 nitrogen and oxygen atoms in total. The van der Waals surface area contributed by atoms with Crippen molar-refractivity contribution in [1.82, 2.24) is 16.0 Å². The molecule has 222 valence electrons. The molecule has 2 amide bonds. The third-order valence-electron chi connectivity index (χ3n) is 4.57. The third kappa shape index (κ3) is 26.3. The Balaban J connectivity index is 3.68. The first-order valence-corrected chi connectivity index (χ1v) is 15.4. The summed E-state index contributed by atoms with van der Waals surface area (Å²) in [5, 5.41) is 8.29. The normalized spacial score (nSPS) is 12.0. The number of carbonyl (C=O) groups is 2. The fourth-order valence-electron chi connectivity index (χ4n) is 2.47. The molecule has 0 aromatic rings. The molecule has 38 heavy (non-hydrogen) atoms. The minimum Gasteiger partial charge on any atom is -0.450 e. The monoisotopic (exact) mass is 579 g/mol. The van der Waals surface area contributed by atoms with Crippen LogP contribution in [-0.2, 0) is 23.7 Å². The van der Waals surface area contributed by atoms with Crippen molar-refractivity contribution in [2.45, 2.75) is 64.1 Å². The predicted molar refractivity (Wildman–Crippen MR) is 155 cm³/mol.